The summed E-state index contributed by atoms with van der Waals surface area (Å²) < 4.78 is 46.7. The zero-order valence-electron chi connectivity index (χ0n) is 49.4. The number of allylic oxidation sites excluding steroid dienone is 3. The van der Waals surface area contributed by atoms with E-state index in [0.717, 1.165) is 63.5 Å². The van der Waals surface area contributed by atoms with Crippen LogP contribution in [0.3, 0.4) is 0 Å². The molecule has 11 atom stereocenters. The number of anilines is 1. The molecule has 83 heavy (non-hydrogen) atoms. The van der Waals surface area contributed by atoms with Crippen LogP contribution in [0.25, 0.3) is 0 Å². The van der Waals surface area contributed by atoms with Gasteiger partial charge in [-0.25, -0.2) is 19.9 Å². The molecule has 3 fully saturated rings. The van der Waals surface area contributed by atoms with Gasteiger partial charge >= 0.3 is 29.8 Å². The van der Waals surface area contributed by atoms with Crippen molar-refractivity contribution in [2.75, 3.05) is 19.5 Å². The number of ether oxygens (including phenoxy) is 8. The van der Waals surface area contributed by atoms with Gasteiger partial charge in [0.15, 0.2) is 11.9 Å². The van der Waals surface area contributed by atoms with Gasteiger partial charge < -0.3 is 63.6 Å². The minimum atomic E-state index is -2.47. The number of unbranched alkanes of at least 4 members (excludes halogenated alkanes) is 4. The van der Waals surface area contributed by atoms with Crippen LogP contribution in [-0.2, 0) is 71.5 Å². The molecule has 1 unspecified atom stereocenters. The van der Waals surface area contributed by atoms with Crippen LogP contribution in [0.2, 0.25) is 0 Å². The second kappa shape index (κ2) is 32.8. The SMILES string of the molecule is CCC/C=C/C=C/C(=O)O[C@H]1/C(=C/C(=O)OC)C[C@H]2C[C@H]([C@@H](C)O)OC(=O)C[C@H](O)C[C@@H]3C[C@H](OC(C)=O)C(C)(C)[C@](O)(C[C@@H]4C/C(=C/C(=O)OC)CC(/C=C/C(C)(C)[C@]1(O)O2)O4)O3.O=C(CCCCCCC(=O)Nc1ccccc1)NO. The van der Waals surface area contributed by atoms with E-state index in [-0.39, 0.29) is 62.3 Å². The van der Waals surface area contributed by atoms with Gasteiger partial charge in [0, 0.05) is 74.8 Å². The summed E-state index contributed by atoms with van der Waals surface area (Å²) in [7, 11) is 2.40. The number of hydrogen-bond donors (Lipinski definition) is 7. The second-order valence-electron chi connectivity index (χ2n) is 22.6. The highest BCUT2D eigenvalue weighted by atomic mass is 16.7. The number of hydrogen-bond acceptors (Lipinski definition) is 20. The van der Waals surface area contributed by atoms with Crippen molar-refractivity contribution in [1.82, 2.24) is 5.48 Å². The average molecular weight is 1170 g/mol. The van der Waals surface area contributed by atoms with E-state index in [1.54, 1.807) is 51.4 Å². The molecule has 1 aromatic carbocycles. The maximum Gasteiger partial charge on any atom is 0.331 e. The Bertz CT molecular complexity index is 2490. The molecule has 0 spiro atoms. The summed E-state index contributed by atoms with van der Waals surface area (Å²) in [6.45, 7) is 11.2. The Morgan fingerprint density at radius 1 is 0.795 bits per heavy atom. The predicted molar refractivity (Wildman–Crippen MR) is 301 cm³/mol. The molecule has 22 nitrogen and oxygen atoms in total. The second-order valence-corrected chi connectivity index (χ2v) is 22.6. The minimum Gasteiger partial charge on any atom is -0.466 e. The lowest BCUT2D eigenvalue weighted by Crippen LogP contribution is -2.62. The largest absolute Gasteiger partial charge is 0.466 e. The van der Waals surface area contributed by atoms with Gasteiger partial charge in [-0.2, -0.15) is 0 Å². The lowest BCUT2D eigenvalue weighted by Gasteiger charge is -2.53. The Balaban J connectivity index is 0.000000658. The molecule has 3 saturated heterocycles. The Kier molecular flexibility index (Phi) is 27.4. The first-order valence-electron chi connectivity index (χ1n) is 28.4. The third kappa shape index (κ3) is 21.5. The third-order valence-electron chi connectivity index (χ3n) is 15.1. The molecule has 0 radical (unpaired) electrons. The first kappa shape index (κ1) is 69.4. The number of benzene rings is 1. The number of amides is 2. The monoisotopic (exact) mass is 1170 g/mol. The van der Waals surface area contributed by atoms with Gasteiger partial charge in [0.25, 0.3) is 0 Å². The van der Waals surface area contributed by atoms with Crippen LogP contribution in [-0.4, -0.2) is 148 Å². The number of carbonyl (C=O) groups excluding carboxylic acids is 7. The van der Waals surface area contributed by atoms with E-state index in [1.807, 2.05) is 43.3 Å². The molecule has 4 heterocycles. The fraction of sp³-hybridized carbons (Fsp3) is 0.623. The topological polar surface area (TPSA) is 319 Å². The summed E-state index contributed by atoms with van der Waals surface area (Å²) in [6.07, 6.45) is 6.69. The molecule has 5 rings (SSSR count). The van der Waals surface area contributed by atoms with Crippen LogP contribution in [0, 0.1) is 10.8 Å². The molecular formula is C61H88N2O20. The van der Waals surface area contributed by atoms with E-state index >= 15 is 0 Å². The summed E-state index contributed by atoms with van der Waals surface area (Å²) >= 11 is 0. The molecule has 4 aliphatic rings. The lowest BCUT2D eigenvalue weighted by atomic mass is 9.70. The zero-order valence-corrected chi connectivity index (χ0v) is 49.4. The number of esters is 5. The van der Waals surface area contributed by atoms with Gasteiger partial charge in [-0.1, -0.05) is 108 Å². The van der Waals surface area contributed by atoms with Gasteiger partial charge in [-0.3, -0.25) is 24.4 Å². The number of aliphatic hydroxyl groups is 4. The zero-order chi connectivity index (χ0) is 61.5. The molecule has 0 saturated carbocycles. The Morgan fingerprint density at radius 3 is 2.08 bits per heavy atom. The van der Waals surface area contributed by atoms with Crippen molar-refractivity contribution < 1.29 is 97.1 Å². The molecule has 2 amide bonds. The Morgan fingerprint density at radius 2 is 1.46 bits per heavy atom. The summed E-state index contributed by atoms with van der Waals surface area (Å²) in [5.74, 6) is -8.66. The molecule has 22 heteroatoms. The van der Waals surface area contributed by atoms with Crippen LogP contribution < -0.4 is 10.8 Å². The number of hydroxylamine groups is 1. The van der Waals surface area contributed by atoms with Crippen molar-refractivity contribution in [3.8, 4) is 0 Å². The first-order chi connectivity index (χ1) is 39.2. The number of aliphatic hydroxyl groups excluding tert-OH is 2. The van der Waals surface area contributed by atoms with E-state index in [2.05, 4.69) is 5.32 Å². The van der Waals surface area contributed by atoms with E-state index in [1.165, 1.54) is 33.1 Å². The smallest absolute Gasteiger partial charge is 0.331 e. The van der Waals surface area contributed by atoms with Crippen molar-refractivity contribution in [3.63, 3.8) is 0 Å². The molecule has 6 bridgehead atoms. The average Bonchev–Trinajstić information content (AvgIpc) is 1.47. The van der Waals surface area contributed by atoms with E-state index in [0.29, 0.717) is 18.4 Å². The van der Waals surface area contributed by atoms with E-state index in [4.69, 9.17) is 43.1 Å². The molecular weight excluding hydrogens is 1080 g/mol. The number of fused-ring (bicyclic) bond motifs is 6. The van der Waals surface area contributed by atoms with Gasteiger partial charge in [-0.05, 0) is 63.2 Å². The quantitative estimate of drug-likeness (QED) is 0.0124. The summed E-state index contributed by atoms with van der Waals surface area (Å²) in [5.41, 5.74) is 0.354. The van der Waals surface area contributed by atoms with Gasteiger partial charge in [0.1, 0.15) is 12.2 Å². The van der Waals surface area contributed by atoms with Crippen LogP contribution in [0.5, 0.6) is 0 Å². The summed E-state index contributed by atoms with van der Waals surface area (Å²) in [4.78, 5) is 87.0. The van der Waals surface area contributed by atoms with Gasteiger partial charge in [0.05, 0.1) is 62.7 Å². The normalized spacial score (nSPS) is 29.9. The highest BCUT2D eigenvalue weighted by Crippen LogP contribution is 2.50. The van der Waals surface area contributed by atoms with Crippen molar-refractivity contribution >= 4 is 47.3 Å². The number of nitrogens with one attached hydrogen (secondary N) is 2. The van der Waals surface area contributed by atoms with Crippen LogP contribution in [0.15, 0.2) is 90.1 Å². The highest BCUT2D eigenvalue weighted by molar-refractivity contribution is 5.90. The summed E-state index contributed by atoms with van der Waals surface area (Å²) in [6, 6.07) is 9.36. The maximum atomic E-state index is 13.4. The lowest BCUT2D eigenvalue weighted by molar-refractivity contribution is -0.348. The van der Waals surface area contributed by atoms with Gasteiger partial charge in [-0.15, -0.1) is 0 Å². The predicted octanol–water partition coefficient (Wildman–Crippen LogP) is 6.75. The van der Waals surface area contributed by atoms with Crippen molar-refractivity contribution in [2.45, 2.75) is 218 Å². The number of cyclic esters (lactones) is 1. The first-order valence-corrected chi connectivity index (χ1v) is 28.4. The number of para-hydroxylation sites is 1. The number of methoxy groups -OCH3 is 2. The van der Waals surface area contributed by atoms with Gasteiger partial charge in [0.2, 0.25) is 17.6 Å². The standard InChI is InChI=1S/C47H68O17.C14H20N2O3/c1-10-11-12-13-14-15-39(51)62-43-31(22-41(53)58-9)21-34-25-37(28(2)48)61-42(54)24-32(50)23-35-26-38(59-29(3)49)45(6,7)46(55,63-35)27-36-19-30(20-40(52)57-8)18-33(60-36)16-17-44(4,5)47(43,56)64-34;17-13(15-12-8-4-3-5-9-12)10-6-1-2-7-11-14(18)16-19/h12-17,20,22,28,32-38,43,48,50,55-56H,10-11,18-19,21,23-27H2,1-9H3;3-5,8-9,19H,1-2,6-7,10-11H2,(H,15,17)(H,16,18)/b13-12+,15-14+,17-16+,30-20+,31-22+;/t28-,32-,33?,34+,35-,36+,37-,38+,43+,46+,47-;/m1./s1. The molecule has 1 aromatic rings. The highest BCUT2D eigenvalue weighted by Gasteiger charge is 2.59. The molecule has 462 valence electrons. The summed E-state index contributed by atoms with van der Waals surface area (Å²) in [5, 5.41) is 58.7. The Labute approximate surface area is 486 Å². The fourth-order valence-corrected chi connectivity index (χ4v) is 10.3. The molecule has 0 aromatic heterocycles. The van der Waals surface area contributed by atoms with Crippen LogP contribution in [0.4, 0.5) is 5.69 Å². The van der Waals surface area contributed by atoms with Crippen LogP contribution >= 0.6 is 0 Å². The molecule has 4 aliphatic heterocycles. The number of carbonyl (C=O) groups is 7. The van der Waals surface area contributed by atoms with E-state index < -0.39 is 114 Å². The third-order valence-corrected chi connectivity index (χ3v) is 15.1. The van der Waals surface area contributed by atoms with Crippen molar-refractivity contribution in [1.29, 1.82) is 0 Å². The van der Waals surface area contributed by atoms with Crippen molar-refractivity contribution in [3.05, 3.63) is 90.1 Å². The minimum absolute atomic E-state index is 0.0132. The van der Waals surface area contributed by atoms with E-state index in [9.17, 15) is 54.0 Å². The molecule has 0 aliphatic carbocycles. The number of rotatable bonds is 17. The molecule has 7 N–H and O–H groups in total. The Hall–Kier alpha value is -6.11. The fourth-order valence-electron chi connectivity index (χ4n) is 10.3. The van der Waals surface area contributed by atoms with Crippen molar-refractivity contribution in [2.24, 2.45) is 10.8 Å². The van der Waals surface area contributed by atoms with Crippen LogP contribution in [0.1, 0.15) is 151 Å². The maximum absolute atomic E-state index is 13.4.